The van der Waals surface area contributed by atoms with Crippen LogP contribution in [0.1, 0.15) is 70.4 Å². The van der Waals surface area contributed by atoms with Crippen molar-refractivity contribution >= 4 is 72.9 Å². The summed E-state index contributed by atoms with van der Waals surface area (Å²) in [4.78, 5) is 43.2. The number of hydrogen-bond donors (Lipinski definition) is 5. The predicted molar refractivity (Wildman–Crippen MR) is 330 cm³/mol. The van der Waals surface area contributed by atoms with E-state index in [0.717, 1.165) is 53.0 Å². The van der Waals surface area contributed by atoms with E-state index in [4.69, 9.17) is 4.74 Å². The van der Waals surface area contributed by atoms with Gasteiger partial charge in [0.15, 0.2) is 0 Å². The summed E-state index contributed by atoms with van der Waals surface area (Å²) < 4.78 is 98.2. The third-order valence-corrected chi connectivity index (χ3v) is 17.4. The molecule has 0 radical (unpaired) electrons. The molecule has 25 heteroatoms. The number of methoxy groups -OCH3 is 1. The monoisotopic (exact) mass is 1230 g/mol. The Morgan fingerprint density at radius 3 is 1.55 bits per heavy atom. The van der Waals surface area contributed by atoms with Crippen molar-refractivity contribution < 1.29 is 45.0 Å². The Hall–Kier alpha value is -8.07. The van der Waals surface area contributed by atoms with E-state index in [1.165, 1.54) is 92.4 Å². The second-order valence-corrected chi connectivity index (χ2v) is 25.5. The summed E-state index contributed by atoms with van der Waals surface area (Å²) in [6.45, 7) is 4.72. The Morgan fingerprint density at radius 2 is 1.09 bits per heavy atom. The number of amides is 2. The highest BCUT2D eigenvalue weighted by Crippen LogP contribution is 2.39. The fourth-order valence-electron chi connectivity index (χ4n) is 10.1. The number of pyridine rings is 3. The molecular formula is C61H67F3N12O7S3. The summed E-state index contributed by atoms with van der Waals surface area (Å²) >= 11 is -2.58. The first-order valence-corrected chi connectivity index (χ1v) is 32.3. The first kappa shape index (κ1) is 63.9. The molecule has 4 atom stereocenters. The number of ether oxygens (including phenoxy) is 1. The molecule has 2 aliphatic rings. The van der Waals surface area contributed by atoms with E-state index in [-0.39, 0.29) is 34.7 Å². The molecule has 1 aliphatic carbocycles. The molecule has 0 saturated heterocycles. The fraction of sp³-hybridized carbons (Fsp3) is 0.295. The third-order valence-electron chi connectivity index (χ3n) is 14.1. The van der Waals surface area contributed by atoms with Crippen LogP contribution in [0.2, 0.25) is 0 Å². The van der Waals surface area contributed by atoms with E-state index >= 15 is 0 Å². The molecule has 2 amide bonds. The van der Waals surface area contributed by atoms with Gasteiger partial charge in [0, 0.05) is 110 Å². The number of benzene rings is 3. The van der Waals surface area contributed by atoms with Gasteiger partial charge in [-0.25, -0.2) is 41.5 Å². The molecular weight excluding hydrogens is 1170 g/mol. The van der Waals surface area contributed by atoms with E-state index in [9.17, 15) is 40.3 Å². The minimum absolute atomic E-state index is 0.116. The number of rotatable bonds is 16. The molecule has 86 heavy (non-hydrogen) atoms. The van der Waals surface area contributed by atoms with Gasteiger partial charge in [-0.2, -0.15) is 4.98 Å². The summed E-state index contributed by atoms with van der Waals surface area (Å²) in [6.07, 6.45) is 15.6. The Labute approximate surface area is 504 Å². The molecule has 5 N–H and O–H groups in total. The van der Waals surface area contributed by atoms with E-state index in [2.05, 4.69) is 51.5 Å². The predicted octanol–water partition coefficient (Wildman–Crippen LogP) is 10.1. The van der Waals surface area contributed by atoms with Crippen molar-refractivity contribution in [3.8, 4) is 45.0 Å². The number of nitrogens with one attached hydrogen (secondary N) is 5. The number of halogens is 3. The van der Waals surface area contributed by atoms with Gasteiger partial charge in [-0.3, -0.25) is 14.2 Å². The van der Waals surface area contributed by atoms with Crippen molar-refractivity contribution in [2.24, 2.45) is 14.1 Å². The molecule has 10 rings (SSSR count). The van der Waals surface area contributed by atoms with E-state index in [0.29, 0.717) is 68.7 Å². The average Bonchev–Trinajstić information content (AvgIpc) is 2.59. The molecule has 19 nitrogen and oxygen atoms in total. The number of imidazole rings is 2. The summed E-state index contributed by atoms with van der Waals surface area (Å²) in [6, 6.07) is 29.1. The van der Waals surface area contributed by atoms with Gasteiger partial charge in [0.05, 0.1) is 47.3 Å². The molecule has 452 valence electrons. The van der Waals surface area contributed by atoms with Crippen LogP contribution in [0.25, 0.3) is 56.4 Å². The van der Waals surface area contributed by atoms with E-state index in [1.54, 1.807) is 99.2 Å². The highest BCUT2D eigenvalue weighted by molar-refractivity contribution is 7.92. The van der Waals surface area contributed by atoms with Gasteiger partial charge >= 0.3 is 5.16 Å². The van der Waals surface area contributed by atoms with Crippen LogP contribution >= 0.6 is 0 Å². The van der Waals surface area contributed by atoms with Crippen molar-refractivity contribution in [1.82, 2.24) is 44.7 Å². The average molecular weight is 1230 g/mol. The topological polar surface area (TPSA) is 258 Å². The highest BCUT2D eigenvalue weighted by atomic mass is 32.2. The van der Waals surface area contributed by atoms with Crippen LogP contribution in [-0.4, -0.2) is 106 Å². The van der Waals surface area contributed by atoms with E-state index in [1.807, 2.05) is 19.1 Å². The van der Waals surface area contributed by atoms with Gasteiger partial charge in [-0.15, -0.1) is 0 Å². The number of carbonyl (C=O) groups excluding carboxylic acids is 2. The van der Waals surface area contributed by atoms with Gasteiger partial charge in [0.2, 0.25) is 26.8 Å². The smallest absolute Gasteiger partial charge is 0.323 e. The van der Waals surface area contributed by atoms with Gasteiger partial charge < -0.3 is 45.0 Å². The molecule has 5 aromatic heterocycles. The zero-order chi connectivity index (χ0) is 62.0. The van der Waals surface area contributed by atoms with Crippen LogP contribution in [0.4, 0.5) is 30.6 Å². The first-order valence-electron chi connectivity index (χ1n) is 27.3. The second-order valence-electron chi connectivity index (χ2n) is 20.7. The third kappa shape index (κ3) is 15.7. The number of carbonyl (C=O) groups is 2. The summed E-state index contributed by atoms with van der Waals surface area (Å²) in [5.41, 5.74) is 8.14. The standard InChI is InChI=1S/C25H33FN4O2S.C18H17FN4O3S.C18H17FN4O2S/c1-17(32-2)16-25(33(3)31)29-23(18-9-11-20(26)12-10-18)24(30-25)19-13-14-27-22(15-19)28-21-7-5-4-6-8-21;1-11(24)21-15-10-13(8-9-20-15)17-16(12-4-6-14(19)7-5-12)22-18(23(17)2)27(3,25)26;1-11(24)21-15-10-13(8-9-20-15)17-16(12-4-6-14(19)7-5-12)22-18(23(17)2)26(3)25/h9-15,17,21,29-30H,4-8,16H2,1-3H3,(H,27,28);4-10H,1-3H3,(H,20,21,24);4-10H,1-3H3,(H,20,21,24). The quantitative estimate of drug-likeness (QED) is 0.0564. The minimum Gasteiger partial charge on any atom is -0.613 e. The number of anilines is 3. The summed E-state index contributed by atoms with van der Waals surface area (Å²) in [5, 5.41) is 16.1. The van der Waals surface area contributed by atoms with Crippen LogP contribution in [0.15, 0.2) is 138 Å². The zero-order valence-corrected chi connectivity index (χ0v) is 51.3. The van der Waals surface area contributed by atoms with Gasteiger partial charge in [-0.05, 0) is 140 Å². The molecule has 3 aromatic carbocycles. The van der Waals surface area contributed by atoms with Crippen molar-refractivity contribution in [3.63, 3.8) is 0 Å². The van der Waals surface area contributed by atoms with Crippen LogP contribution in [-0.2, 0) is 60.6 Å². The van der Waals surface area contributed by atoms with Crippen molar-refractivity contribution in [2.45, 2.75) is 86.7 Å². The van der Waals surface area contributed by atoms with Crippen molar-refractivity contribution in [3.05, 3.63) is 156 Å². The van der Waals surface area contributed by atoms with Crippen molar-refractivity contribution in [2.75, 3.05) is 41.8 Å². The Morgan fingerprint density at radius 1 is 0.663 bits per heavy atom. The van der Waals surface area contributed by atoms with Crippen LogP contribution in [0.3, 0.4) is 0 Å². The molecule has 8 aromatic rings. The molecule has 1 aliphatic heterocycles. The summed E-state index contributed by atoms with van der Waals surface area (Å²) in [7, 11) is 1.41. The van der Waals surface area contributed by atoms with Crippen molar-refractivity contribution in [1.29, 1.82) is 0 Å². The van der Waals surface area contributed by atoms with E-state index < -0.39 is 43.0 Å². The lowest BCUT2D eigenvalue weighted by atomic mass is 9.95. The maximum Gasteiger partial charge on any atom is 0.323 e. The lowest BCUT2D eigenvalue weighted by molar-refractivity contribution is -0.115. The molecule has 0 bridgehead atoms. The maximum absolute atomic E-state index is 13.6. The van der Waals surface area contributed by atoms with Gasteiger partial charge in [-0.1, -0.05) is 19.3 Å². The van der Waals surface area contributed by atoms with Crippen LogP contribution in [0.5, 0.6) is 0 Å². The Kier molecular flexibility index (Phi) is 20.8. The molecule has 1 fully saturated rings. The summed E-state index contributed by atoms with van der Waals surface area (Å²) in [5.74, 6) is 0.000928. The van der Waals surface area contributed by atoms with Crippen LogP contribution < -0.4 is 26.6 Å². The lowest BCUT2D eigenvalue weighted by Crippen LogP contribution is -2.57. The maximum atomic E-state index is 13.6. The minimum atomic E-state index is -3.60. The highest BCUT2D eigenvalue weighted by Gasteiger charge is 2.48. The number of aromatic nitrogens is 7. The van der Waals surface area contributed by atoms with Crippen LogP contribution in [0, 0.1) is 17.5 Å². The zero-order valence-electron chi connectivity index (χ0n) is 48.9. The first-order chi connectivity index (χ1) is 40.9. The molecule has 0 spiro atoms. The largest absolute Gasteiger partial charge is 0.613 e. The van der Waals surface area contributed by atoms with Gasteiger partial charge in [0.25, 0.3) is 4.99 Å². The number of sulfone groups is 1. The SMILES string of the molecule is CC(=O)Nc1cc(-c2c(-c3ccc(F)cc3)nc(S(C)(=O)=O)n2C)ccn1.CC(=O)Nc1cc(-c2c(-c3ccc(F)cc3)nc([S+](C)[O-])n2C)ccn1.COC(C)CC1([S+](C)[O-])NC(c2ccc(F)cc2)=C(c2ccnc(NC3CCCCC3)c2)N1. The number of hydrogen-bond acceptors (Lipinski definition) is 15. The molecule has 1 saturated carbocycles. The lowest BCUT2D eigenvalue weighted by Gasteiger charge is -2.33. The number of nitrogens with zero attached hydrogens (tertiary/aromatic N) is 7. The second kappa shape index (κ2) is 28.0. The van der Waals surface area contributed by atoms with Gasteiger partial charge in [0.1, 0.15) is 46.9 Å². The molecule has 6 heterocycles. The Bertz CT molecular complexity index is 3840. The fourth-order valence-corrected chi connectivity index (χ4v) is 12.6. The molecule has 4 unspecified atom stereocenters. The Balaban J connectivity index is 0.000000169. The normalized spacial score (nSPS) is 16.1.